The quantitative estimate of drug-likeness (QED) is 0.748. The monoisotopic (exact) mass is 240 g/mol. The summed E-state index contributed by atoms with van der Waals surface area (Å²) in [6.07, 6.45) is 4.98. The van der Waals surface area contributed by atoms with Gasteiger partial charge >= 0.3 is 5.97 Å². The topological polar surface area (TPSA) is 69.6 Å². The summed E-state index contributed by atoms with van der Waals surface area (Å²) in [7, 11) is 0. The van der Waals surface area contributed by atoms with Crippen LogP contribution < -0.4 is 5.32 Å². The molecular formula is C12H20N2O3. The van der Waals surface area contributed by atoms with Crippen LogP contribution in [0.25, 0.3) is 0 Å². The van der Waals surface area contributed by atoms with Crippen molar-refractivity contribution in [1.29, 1.82) is 0 Å². The molecule has 2 fully saturated rings. The Morgan fingerprint density at radius 2 is 1.88 bits per heavy atom. The highest BCUT2D eigenvalue weighted by molar-refractivity contribution is 5.78. The normalized spacial score (nSPS) is 28.6. The van der Waals surface area contributed by atoms with Crippen molar-refractivity contribution in [1.82, 2.24) is 10.2 Å². The Morgan fingerprint density at radius 3 is 2.41 bits per heavy atom. The number of carboxylic acid groups (broad SMARTS) is 1. The minimum Gasteiger partial charge on any atom is -0.481 e. The number of likely N-dealkylation sites (tertiary alicyclic amines) is 1. The lowest BCUT2D eigenvalue weighted by Gasteiger charge is -2.35. The third-order valence-electron chi connectivity index (χ3n) is 3.82. The molecule has 2 aliphatic rings. The van der Waals surface area contributed by atoms with Crippen LogP contribution in [0, 0.1) is 5.92 Å². The van der Waals surface area contributed by atoms with Gasteiger partial charge in [-0.1, -0.05) is 0 Å². The molecule has 0 bridgehead atoms. The van der Waals surface area contributed by atoms with Crippen LogP contribution in [-0.2, 0) is 9.59 Å². The van der Waals surface area contributed by atoms with Gasteiger partial charge in [0.2, 0.25) is 5.91 Å². The van der Waals surface area contributed by atoms with Crippen LogP contribution in [0.15, 0.2) is 0 Å². The summed E-state index contributed by atoms with van der Waals surface area (Å²) >= 11 is 0. The maximum Gasteiger partial charge on any atom is 0.308 e. The molecule has 0 aromatic heterocycles. The van der Waals surface area contributed by atoms with E-state index in [9.17, 15) is 9.59 Å². The first kappa shape index (κ1) is 12.4. The van der Waals surface area contributed by atoms with E-state index >= 15 is 0 Å². The van der Waals surface area contributed by atoms with Gasteiger partial charge < -0.3 is 15.3 Å². The van der Waals surface area contributed by atoms with Crippen molar-refractivity contribution in [3.8, 4) is 0 Å². The van der Waals surface area contributed by atoms with E-state index in [0.717, 1.165) is 38.8 Å². The Kier molecular flexibility index (Phi) is 3.99. The summed E-state index contributed by atoms with van der Waals surface area (Å²) in [6.45, 7) is 2.00. The minimum absolute atomic E-state index is 0.0127. The van der Waals surface area contributed by atoms with E-state index in [2.05, 4.69) is 5.32 Å². The molecule has 2 unspecified atom stereocenters. The van der Waals surface area contributed by atoms with E-state index in [1.807, 2.05) is 4.90 Å². The molecule has 2 N–H and O–H groups in total. The molecule has 96 valence electrons. The Balaban J connectivity index is 1.70. The number of nitrogens with one attached hydrogen (secondary N) is 1. The van der Waals surface area contributed by atoms with Crippen LogP contribution >= 0.6 is 0 Å². The summed E-state index contributed by atoms with van der Waals surface area (Å²) in [5.74, 6) is -0.941. The number of carbonyl (C=O) groups excluding carboxylic acids is 1. The van der Waals surface area contributed by atoms with E-state index < -0.39 is 5.97 Å². The van der Waals surface area contributed by atoms with E-state index in [0.29, 0.717) is 0 Å². The number of hydrogen-bond acceptors (Lipinski definition) is 3. The van der Waals surface area contributed by atoms with Gasteiger partial charge in [0.25, 0.3) is 0 Å². The number of rotatable bonds is 4. The highest BCUT2D eigenvalue weighted by atomic mass is 16.4. The minimum atomic E-state index is -0.751. The average molecular weight is 240 g/mol. The average Bonchev–Trinajstić information content (AvgIpc) is 2.28. The zero-order valence-corrected chi connectivity index (χ0v) is 10.0. The predicted octanol–water partition coefficient (Wildman–Crippen LogP) is 0.452. The van der Waals surface area contributed by atoms with E-state index in [-0.39, 0.29) is 24.4 Å². The SMILES string of the molecule is O=C(O)C1CCC1NCC(=O)N1CCCCC1. The molecule has 17 heavy (non-hydrogen) atoms. The molecule has 5 heteroatoms. The fourth-order valence-corrected chi connectivity index (χ4v) is 2.51. The molecule has 2 atom stereocenters. The maximum atomic E-state index is 11.8. The second-order valence-electron chi connectivity index (χ2n) is 4.95. The van der Waals surface area contributed by atoms with E-state index in [4.69, 9.17) is 5.11 Å². The highest BCUT2D eigenvalue weighted by Gasteiger charge is 2.36. The summed E-state index contributed by atoms with van der Waals surface area (Å²) in [5, 5.41) is 12.0. The molecule has 1 aliphatic heterocycles. The number of piperidine rings is 1. The zero-order chi connectivity index (χ0) is 12.3. The van der Waals surface area contributed by atoms with Gasteiger partial charge in [0.15, 0.2) is 0 Å². The molecule has 0 aromatic rings. The molecular weight excluding hydrogens is 220 g/mol. The van der Waals surface area contributed by atoms with E-state index in [1.54, 1.807) is 0 Å². The van der Waals surface area contributed by atoms with Gasteiger partial charge in [-0.3, -0.25) is 9.59 Å². The standard InChI is InChI=1S/C12H20N2O3/c15-11(14-6-2-1-3-7-14)8-13-10-5-4-9(10)12(16)17/h9-10,13H,1-8H2,(H,16,17). The van der Waals surface area contributed by atoms with Gasteiger partial charge in [-0.05, 0) is 32.1 Å². The van der Waals surface area contributed by atoms with Crippen LogP contribution in [-0.4, -0.2) is 47.6 Å². The lowest BCUT2D eigenvalue weighted by atomic mass is 9.79. The Hall–Kier alpha value is -1.10. The smallest absolute Gasteiger partial charge is 0.308 e. The summed E-state index contributed by atoms with van der Waals surface area (Å²) in [5.41, 5.74) is 0. The number of carbonyl (C=O) groups is 2. The van der Waals surface area contributed by atoms with Gasteiger partial charge in [-0.25, -0.2) is 0 Å². The molecule has 1 saturated carbocycles. The van der Waals surface area contributed by atoms with E-state index in [1.165, 1.54) is 6.42 Å². The van der Waals surface area contributed by atoms with Crippen molar-refractivity contribution < 1.29 is 14.7 Å². The van der Waals surface area contributed by atoms with Gasteiger partial charge in [0, 0.05) is 19.1 Å². The summed E-state index contributed by atoms with van der Waals surface area (Å²) in [6, 6.07) is -0.0127. The van der Waals surface area contributed by atoms with Gasteiger partial charge in [-0.2, -0.15) is 0 Å². The molecule has 2 rings (SSSR count). The Morgan fingerprint density at radius 1 is 1.18 bits per heavy atom. The molecule has 1 aliphatic carbocycles. The van der Waals surface area contributed by atoms with Crippen molar-refractivity contribution in [3.63, 3.8) is 0 Å². The maximum absolute atomic E-state index is 11.8. The first-order valence-corrected chi connectivity index (χ1v) is 6.42. The summed E-state index contributed by atoms with van der Waals surface area (Å²) in [4.78, 5) is 24.5. The first-order valence-electron chi connectivity index (χ1n) is 6.42. The highest BCUT2D eigenvalue weighted by Crippen LogP contribution is 2.27. The van der Waals surface area contributed by atoms with Crippen LogP contribution in [0.1, 0.15) is 32.1 Å². The number of amides is 1. The lowest BCUT2D eigenvalue weighted by Crippen LogP contribution is -2.51. The first-order chi connectivity index (χ1) is 8.18. The van der Waals surface area contributed by atoms with Crippen molar-refractivity contribution in [3.05, 3.63) is 0 Å². The zero-order valence-electron chi connectivity index (χ0n) is 10.0. The number of carboxylic acids is 1. The number of hydrogen-bond donors (Lipinski definition) is 2. The van der Waals surface area contributed by atoms with Crippen molar-refractivity contribution in [2.24, 2.45) is 5.92 Å². The van der Waals surface area contributed by atoms with Gasteiger partial charge in [0.05, 0.1) is 12.5 Å². The van der Waals surface area contributed by atoms with Crippen LogP contribution in [0.3, 0.4) is 0 Å². The molecule has 0 aromatic carbocycles. The number of nitrogens with zero attached hydrogens (tertiary/aromatic N) is 1. The summed E-state index contributed by atoms with van der Waals surface area (Å²) < 4.78 is 0. The molecule has 5 nitrogen and oxygen atoms in total. The molecule has 1 heterocycles. The Bertz CT molecular complexity index is 300. The number of aliphatic carboxylic acids is 1. The third kappa shape index (κ3) is 2.97. The largest absolute Gasteiger partial charge is 0.481 e. The van der Waals surface area contributed by atoms with Crippen LogP contribution in [0.2, 0.25) is 0 Å². The molecule has 0 radical (unpaired) electrons. The fourth-order valence-electron chi connectivity index (χ4n) is 2.51. The van der Waals surface area contributed by atoms with Crippen molar-refractivity contribution in [2.45, 2.75) is 38.1 Å². The van der Waals surface area contributed by atoms with Crippen molar-refractivity contribution in [2.75, 3.05) is 19.6 Å². The molecule has 0 spiro atoms. The van der Waals surface area contributed by atoms with Gasteiger partial charge in [-0.15, -0.1) is 0 Å². The fraction of sp³-hybridized carbons (Fsp3) is 0.833. The van der Waals surface area contributed by atoms with Crippen LogP contribution in [0.4, 0.5) is 0 Å². The third-order valence-corrected chi connectivity index (χ3v) is 3.82. The predicted molar refractivity (Wildman–Crippen MR) is 62.6 cm³/mol. The van der Waals surface area contributed by atoms with Crippen molar-refractivity contribution >= 4 is 11.9 Å². The van der Waals surface area contributed by atoms with Gasteiger partial charge in [0.1, 0.15) is 0 Å². The second kappa shape index (κ2) is 5.49. The lowest BCUT2D eigenvalue weighted by molar-refractivity contribution is -0.146. The van der Waals surface area contributed by atoms with Crippen LogP contribution in [0.5, 0.6) is 0 Å². The molecule has 1 saturated heterocycles. The Labute approximate surface area is 101 Å². The second-order valence-corrected chi connectivity index (χ2v) is 4.95. The molecule has 1 amide bonds.